The molecule has 9 N–H and O–H groups in total. The Labute approximate surface area is 281 Å². The fourth-order valence-electron chi connectivity index (χ4n) is 4.49. The number of rotatable bonds is 24. The number of aromatic hydroxyl groups is 1. The zero-order valence-corrected chi connectivity index (χ0v) is 26.7. The molecule has 2 amide bonds. The van der Waals surface area contributed by atoms with Crippen LogP contribution in [-0.4, -0.2) is 141 Å². The van der Waals surface area contributed by atoms with Crippen molar-refractivity contribution >= 4 is 35.7 Å². The third-order valence-corrected chi connectivity index (χ3v) is 6.92. The van der Waals surface area contributed by atoms with Crippen LogP contribution in [0.15, 0.2) is 48.5 Å². The Morgan fingerprint density at radius 3 is 1.53 bits per heavy atom. The number of hydrogen-bond donors (Lipinski definition) is 8. The molecular formula is C31H42N6O12. The SMILES string of the molecule is N[C@H](Cc1ccc(O)cc1)C(=O)NOCc1ccc(CNC(=O)CN(CCN(CC(=O)O)CC(=O)O)CCN(CC(=O)O)CC(=O)O)cc1. The summed E-state index contributed by atoms with van der Waals surface area (Å²) in [5, 5.41) is 48.6. The smallest absolute Gasteiger partial charge is 0.317 e. The van der Waals surface area contributed by atoms with E-state index in [1.807, 2.05) is 0 Å². The third-order valence-electron chi connectivity index (χ3n) is 6.92. The van der Waals surface area contributed by atoms with Gasteiger partial charge in [0, 0.05) is 32.7 Å². The highest BCUT2D eigenvalue weighted by Gasteiger charge is 2.20. The predicted octanol–water partition coefficient (Wildman–Crippen LogP) is -1.63. The topological polar surface area (TPSA) is 273 Å². The number of nitrogens with one attached hydrogen (secondary N) is 2. The number of amides is 2. The Morgan fingerprint density at radius 2 is 1.06 bits per heavy atom. The first-order valence-electron chi connectivity index (χ1n) is 15.0. The van der Waals surface area contributed by atoms with Gasteiger partial charge in [-0.2, -0.15) is 0 Å². The number of hydrogen-bond acceptors (Lipinski definition) is 12. The van der Waals surface area contributed by atoms with Crippen molar-refractivity contribution in [2.24, 2.45) is 5.73 Å². The van der Waals surface area contributed by atoms with E-state index in [1.165, 1.54) is 12.1 Å². The summed E-state index contributed by atoms with van der Waals surface area (Å²) in [6, 6.07) is 12.4. The summed E-state index contributed by atoms with van der Waals surface area (Å²) in [4.78, 5) is 78.9. The number of phenols is 1. The molecular weight excluding hydrogens is 648 g/mol. The molecule has 0 bridgehead atoms. The maximum atomic E-state index is 12.8. The van der Waals surface area contributed by atoms with Crippen LogP contribution in [0, 0.1) is 0 Å². The molecule has 268 valence electrons. The van der Waals surface area contributed by atoms with Gasteiger partial charge in [-0.3, -0.25) is 48.3 Å². The summed E-state index contributed by atoms with van der Waals surface area (Å²) >= 11 is 0. The van der Waals surface area contributed by atoms with Gasteiger partial charge in [-0.05, 0) is 35.2 Å². The van der Waals surface area contributed by atoms with E-state index in [0.29, 0.717) is 5.56 Å². The maximum absolute atomic E-state index is 12.8. The van der Waals surface area contributed by atoms with Crippen molar-refractivity contribution in [1.82, 2.24) is 25.5 Å². The molecule has 0 aliphatic rings. The van der Waals surface area contributed by atoms with E-state index in [-0.39, 0.29) is 58.0 Å². The maximum Gasteiger partial charge on any atom is 0.317 e. The first kappa shape index (κ1) is 40.0. The minimum Gasteiger partial charge on any atom is -0.508 e. The fourth-order valence-corrected chi connectivity index (χ4v) is 4.49. The molecule has 1 atom stereocenters. The molecule has 2 rings (SSSR count). The summed E-state index contributed by atoms with van der Waals surface area (Å²) < 4.78 is 0. The number of carboxylic acids is 4. The lowest BCUT2D eigenvalue weighted by molar-refractivity contribution is -0.143. The molecule has 0 heterocycles. The number of phenolic OH excluding ortho intramolecular Hbond substituents is 1. The van der Waals surface area contributed by atoms with Gasteiger partial charge in [-0.25, -0.2) is 5.48 Å². The highest BCUT2D eigenvalue weighted by atomic mass is 16.6. The van der Waals surface area contributed by atoms with Gasteiger partial charge in [0.15, 0.2) is 0 Å². The van der Waals surface area contributed by atoms with Gasteiger partial charge in [0.25, 0.3) is 5.91 Å². The van der Waals surface area contributed by atoms with Crippen molar-refractivity contribution in [2.75, 3.05) is 58.9 Å². The molecule has 18 heteroatoms. The molecule has 0 fully saturated rings. The molecule has 0 radical (unpaired) electrons. The molecule has 18 nitrogen and oxygen atoms in total. The van der Waals surface area contributed by atoms with Gasteiger partial charge in [0.1, 0.15) is 5.75 Å². The number of carbonyl (C=O) groups excluding carboxylic acids is 2. The zero-order chi connectivity index (χ0) is 36.3. The Hall–Kier alpha value is -5.14. The zero-order valence-electron chi connectivity index (χ0n) is 26.7. The van der Waals surface area contributed by atoms with Crippen molar-refractivity contribution in [2.45, 2.75) is 25.6 Å². The van der Waals surface area contributed by atoms with E-state index in [0.717, 1.165) is 20.9 Å². The Kier molecular flexibility index (Phi) is 17.1. The minimum absolute atomic E-state index is 0.0366. The van der Waals surface area contributed by atoms with Crippen LogP contribution in [0.1, 0.15) is 16.7 Å². The van der Waals surface area contributed by atoms with Crippen LogP contribution in [0.5, 0.6) is 5.75 Å². The number of hydroxylamine groups is 1. The van der Waals surface area contributed by atoms with Crippen LogP contribution in [0.3, 0.4) is 0 Å². The minimum atomic E-state index is -1.24. The standard InChI is InChI=1S/C31H42N6O12/c32-25(13-21-5-7-24(38)8-6-21)31(48)34-49-20-23-3-1-22(2-4-23)14-33-26(39)15-35(9-11-36(16-27(40)41)17-28(42)43)10-12-37(18-29(44)45)19-30(46)47/h1-8,25,38H,9-20,32H2,(H,33,39)(H,34,48)(H,40,41)(H,42,43)(H,44,45)(H,46,47)/t25-/m1/s1. The molecule has 0 saturated carbocycles. The number of benzene rings is 2. The monoisotopic (exact) mass is 690 g/mol. The average molecular weight is 691 g/mol. The first-order valence-corrected chi connectivity index (χ1v) is 15.0. The number of carboxylic acid groups (broad SMARTS) is 4. The summed E-state index contributed by atoms with van der Waals surface area (Å²) in [6.07, 6.45) is 0.245. The van der Waals surface area contributed by atoms with E-state index in [4.69, 9.17) is 31.0 Å². The normalized spacial score (nSPS) is 11.8. The van der Waals surface area contributed by atoms with E-state index in [2.05, 4.69) is 10.8 Å². The van der Waals surface area contributed by atoms with E-state index in [1.54, 1.807) is 41.3 Å². The molecule has 0 spiro atoms. The number of nitrogens with zero attached hydrogens (tertiary/aromatic N) is 3. The first-order chi connectivity index (χ1) is 23.2. The highest BCUT2D eigenvalue weighted by Crippen LogP contribution is 2.11. The predicted molar refractivity (Wildman–Crippen MR) is 171 cm³/mol. The second-order valence-corrected chi connectivity index (χ2v) is 11.1. The Balaban J connectivity index is 1.90. The molecule has 0 saturated heterocycles. The van der Waals surface area contributed by atoms with Crippen LogP contribution in [0.4, 0.5) is 0 Å². The summed E-state index contributed by atoms with van der Waals surface area (Å²) in [7, 11) is 0. The molecule has 2 aromatic carbocycles. The van der Waals surface area contributed by atoms with E-state index < -0.39 is 67.9 Å². The Morgan fingerprint density at radius 1 is 0.633 bits per heavy atom. The van der Waals surface area contributed by atoms with Gasteiger partial charge in [-0.1, -0.05) is 36.4 Å². The second kappa shape index (κ2) is 21.0. The van der Waals surface area contributed by atoms with Crippen LogP contribution in [-0.2, 0) is 53.2 Å². The molecule has 0 aromatic heterocycles. The van der Waals surface area contributed by atoms with Crippen molar-refractivity contribution in [3.8, 4) is 5.75 Å². The average Bonchev–Trinajstić information content (AvgIpc) is 3.01. The van der Waals surface area contributed by atoms with Gasteiger partial charge in [0.2, 0.25) is 5.91 Å². The Bertz CT molecular complexity index is 1330. The molecule has 49 heavy (non-hydrogen) atoms. The largest absolute Gasteiger partial charge is 0.508 e. The van der Waals surface area contributed by atoms with Gasteiger partial charge >= 0.3 is 23.9 Å². The molecule has 0 aliphatic carbocycles. The number of nitrogens with two attached hydrogens (primary N) is 1. The number of aliphatic carboxylic acids is 4. The lowest BCUT2D eigenvalue weighted by atomic mass is 10.1. The fraction of sp³-hybridized carbons (Fsp3) is 0.419. The van der Waals surface area contributed by atoms with Crippen LogP contribution in [0.25, 0.3) is 0 Å². The summed E-state index contributed by atoms with van der Waals surface area (Å²) in [5.74, 6) is -5.82. The molecule has 0 aliphatic heterocycles. The lowest BCUT2D eigenvalue weighted by Gasteiger charge is -2.28. The van der Waals surface area contributed by atoms with Crippen molar-refractivity contribution in [3.05, 3.63) is 65.2 Å². The van der Waals surface area contributed by atoms with Crippen LogP contribution in [0.2, 0.25) is 0 Å². The second-order valence-electron chi connectivity index (χ2n) is 11.1. The van der Waals surface area contributed by atoms with Crippen molar-refractivity contribution in [1.29, 1.82) is 0 Å². The van der Waals surface area contributed by atoms with Gasteiger partial charge in [-0.15, -0.1) is 0 Å². The van der Waals surface area contributed by atoms with Crippen molar-refractivity contribution in [3.63, 3.8) is 0 Å². The van der Waals surface area contributed by atoms with Gasteiger partial charge in [0.05, 0.1) is 45.4 Å². The molecule has 2 aromatic rings. The quantitative estimate of drug-likeness (QED) is 0.0574. The highest BCUT2D eigenvalue weighted by molar-refractivity contribution is 5.81. The van der Waals surface area contributed by atoms with Crippen LogP contribution < -0.4 is 16.5 Å². The summed E-state index contributed by atoms with van der Waals surface area (Å²) in [5.41, 5.74) is 10.4. The van der Waals surface area contributed by atoms with Crippen molar-refractivity contribution < 1.29 is 59.1 Å². The van der Waals surface area contributed by atoms with Crippen LogP contribution >= 0.6 is 0 Å². The lowest BCUT2D eigenvalue weighted by Crippen LogP contribution is -2.47. The van der Waals surface area contributed by atoms with E-state index >= 15 is 0 Å². The third kappa shape index (κ3) is 17.5. The number of carbonyl (C=O) groups is 6. The van der Waals surface area contributed by atoms with Gasteiger partial charge < -0.3 is 36.6 Å². The van der Waals surface area contributed by atoms with E-state index in [9.17, 15) is 33.9 Å². The summed E-state index contributed by atoms with van der Waals surface area (Å²) in [6.45, 7) is -2.29. The molecule has 0 unspecified atom stereocenters.